The molecule has 0 unspecified atom stereocenters. The molecule has 0 fully saturated rings. The van der Waals surface area contributed by atoms with Crippen molar-refractivity contribution in [1.29, 1.82) is 0 Å². The molecule has 1 aliphatic heterocycles. The molecule has 0 atom stereocenters. The lowest BCUT2D eigenvalue weighted by molar-refractivity contribution is -0.131. The van der Waals surface area contributed by atoms with Crippen LogP contribution in [0.1, 0.15) is 0 Å². The zero-order valence-electron chi connectivity index (χ0n) is 5.02. The van der Waals surface area contributed by atoms with Gasteiger partial charge in [0, 0.05) is 12.4 Å². The average molecular weight is 155 g/mol. The first-order valence-corrected chi connectivity index (χ1v) is 3.47. The minimum Gasteiger partial charge on any atom is -0.477 e. The first-order valence-electron chi connectivity index (χ1n) is 2.59. The molecule has 1 rings (SSSR count). The summed E-state index contributed by atoms with van der Waals surface area (Å²) in [6.45, 7) is 0. The van der Waals surface area contributed by atoms with Crippen molar-refractivity contribution < 1.29 is 9.90 Å². The first kappa shape index (κ1) is 7.08. The van der Waals surface area contributed by atoms with Crippen LogP contribution in [0.25, 0.3) is 0 Å². The summed E-state index contributed by atoms with van der Waals surface area (Å²) in [6, 6.07) is 0. The number of hydrogen-bond acceptors (Lipinski definition) is 3. The maximum atomic E-state index is 10.3. The number of hydrogen-bond donors (Lipinski definition) is 1. The van der Waals surface area contributed by atoms with Crippen molar-refractivity contribution >= 4 is 23.9 Å². The van der Waals surface area contributed by atoms with Gasteiger partial charge in [0.15, 0.2) is 0 Å². The van der Waals surface area contributed by atoms with Gasteiger partial charge in [-0.2, -0.15) is 0 Å². The van der Waals surface area contributed by atoms with E-state index in [0.717, 1.165) is 11.8 Å². The van der Waals surface area contributed by atoms with E-state index < -0.39 is 5.97 Å². The second-order valence-corrected chi connectivity index (χ2v) is 2.49. The Morgan fingerprint density at radius 3 is 3.20 bits per heavy atom. The van der Waals surface area contributed by atoms with Crippen LogP contribution in [0, 0.1) is 0 Å². The second kappa shape index (κ2) is 3.22. The van der Waals surface area contributed by atoms with Gasteiger partial charge in [0.25, 0.3) is 0 Å². The predicted molar refractivity (Wildman–Crippen MR) is 40.9 cm³/mol. The molecule has 4 heteroatoms. The molecule has 0 aromatic carbocycles. The number of carboxylic acid groups (broad SMARTS) is 1. The summed E-state index contributed by atoms with van der Waals surface area (Å²) in [7, 11) is 0. The zero-order chi connectivity index (χ0) is 7.40. The number of nitrogens with zero attached hydrogens (tertiary/aromatic N) is 1. The fourth-order valence-corrected chi connectivity index (χ4v) is 0.962. The highest BCUT2D eigenvalue weighted by Gasteiger charge is 2.05. The maximum Gasteiger partial charge on any atom is 0.344 e. The van der Waals surface area contributed by atoms with Gasteiger partial charge in [-0.25, -0.2) is 4.79 Å². The molecule has 0 radical (unpaired) electrons. The number of aliphatic imine (C=N–C) groups is 1. The van der Waals surface area contributed by atoms with Crippen molar-refractivity contribution in [2.24, 2.45) is 4.99 Å². The minimum atomic E-state index is -0.936. The van der Waals surface area contributed by atoms with Crippen LogP contribution in [0.15, 0.2) is 27.6 Å². The highest BCUT2D eigenvalue weighted by atomic mass is 32.2. The molecule has 0 aliphatic carbocycles. The number of thioether (sulfide) groups is 1. The maximum absolute atomic E-state index is 10.3. The van der Waals surface area contributed by atoms with Crippen molar-refractivity contribution in [2.75, 3.05) is 0 Å². The number of allylic oxidation sites excluding steroid dienone is 1. The Hall–Kier alpha value is -1.03. The third-order valence-corrected chi connectivity index (χ3v) is 1.68. The number of carbonyl (C=O) groups is 1. The third kappa shape index (κ3) is 1.73. The van der Waals surface area contributed by atoms with Crippen molar-refractivity contribution in [3.05, 3.63) is 22.6 Å². The Labute approximate surface area is 62.2 Å². The number of carboxylic acids is 1. The monoisotopic (exact) mass is 155 g/mol. The Balaban J connectivity index is 2.78. The smallest absolute Gasteiger partial charge is 0.344 e. The fourth-order valence-electron chi connectivity index (χ4n) is 0.444. The van der Waals surface area contributed by atoms with Gasteiger partial charge >= 0.3 is 5.97 Å². The molecule has 0 saturated heterocycles. The minimum absolute atomic E-state index is 0.241. The summed E-state index contributed by atoms with van der Waals surface area (Å²) in [5.74, 6) is -0.936. The van der Waals surface area contributed by atoms with E-state index in [9.17, 15) is 4.79 Å². The lowest BCUT2D eigenvalue weighted by Gasteiger charge is -1.90. The molecule has 0 aromatic rings. The van der Waals surface area contributed by atoms with Crippen LogP contribution in [0.2, 0.25) is 0 Å². The average Bonchev–Trinajstić information content (AvgIpc) is 2.12. The van der Waals surface area contributed by atoms with E-state index >= 15 is 0 Å². The highest BCUT2D eigenvalue weighted by Crippen LogP contribution is 2.18. The van der Waals surface area contributed by atoms with E-state index in [2.05, 4.69) is 4.99 Å². The molecular formula is C6H5NO2S. The second-order valence-electron chi connectivity index (χ2n) is 1.54. The van der Waals surface area contributed by atoms with Gasteiger partial charge in [0.2, 0.25) is 0 Å². The molecule has 10 heavy (non-hydrogen) atoms. The molecule has 1 aliphatic rings. The molecule has 52 valence electrons. The van der Waals surface area contributed by atoms with Crippen LogP contribution in [0.3, 0.4) is 0 Å². The Kier molecular flexibility index (Phi) is 2.28. The van der Waals surface area contributed by atoms with Crippen LogP contribution in [0.5, 0.6) is 0 Å². The Morgan fingerprint density at radius 1 is 1.70 bits per heavy atom. The standard InChI is InChI=1S/C6H5NO2S/c8-6(9)5-4-7-2-1-3-10-5/h1-4H,(H,8,9). The predicted octanol–water partition coefficient (Wildman–Crippen LogP) is 1.24. The Bertz CT molecular complexity index is 230. The fraction of sp³-hybridized carbons (Fsp3) is 0. The summed E-state index contributed by atoms with van der Waals surface area (Å²) in [5.41, 5.74) is 0. The van der Waals surface area contributed by atoms with Gasteiger partial charge in [0.1, 0.15) is 4.91 Å². The molecule has 0 bridgehead atoms. The van der Waals surface area contributed by atoms with Crippen molar-refractivity contribution in [3.63, 3.8) is 0 Å². The van der Waals surface area contributed by atoms with Gasteiger partial charge in [-0.3, -0.25) is 4.99 Å². The van der Waals surface area contributed by atoms with Crippen LogP contribution < -0.4 is 0 Å². The van der Waals surface area contributed by atoms with Crippen molar-refractivity contribution in [1.82, 2.24) is 0 Å². The van der Waals surface area contributed by atoms with E-state index in [4.69, 9.17) is 5.11 Å². The molecule has 3 nitrogen and oxygen atoms in total. The molecule has 0 saturated carbocycles. The van der Waals surface area contributed by atoms with Crippen molar-refractivity contribution in [2.45, 2.75) is 0 Å². The van der Waals surface area contributed by atoms with E-state index in [1.165, 1.54) is 6.20 Å². The quantitative estimate of drug-likeness (QED) is 0.619. The number of aliphatic carboxylic acids is 1. The van der Waals surface area contributed by atoms with Crippen LogP contribution >= 0.6 is 11.8 Å². The Morgan fingerprint density at radius 2 is 2.50 bits per heavy atom. The van der Waals surface area contributed by atoms with Crippen LogP contribution in [-0.4, -0.2) is 17.3 Å². The third-order valence-electron chi connectivity index (χ3n) is 0.848. The topological polar surface area (TPSA) is 49.7 Å². The van der Waals surface area contributed by atoms with E-state index in [0.29, 0.717) is 0 Å². The van der Waals surface area contributed by atoms with E-state index in [1.807, 2.05) is 0 Å². The summed E-state index contributed by atoms with van der Waals surface area (Å²) < 4.78 is 0. The molecular weight excluding hydrogens is 150 g/mol. The first-order chi connectivity index (χ1) is 4.80. The van der Waals surface area contributed by atoms with Crippen LogP contribution in [0.4, 0.5) is 0 Å². The largest absolute Gasteiger partial charge is 0.477 e. The molecule has 0 aromatic heterocycles. The highest BCUT2D eigenvalue weighted by molar-refractivity contribution is 8.06. The summed E-state index contributed by atoms with van der Waals surface area (Å²) in [6.07, 6.45) is 4.56. The van der Waals surface area contributed by atoms with Gasteiger partial charge in [-0.05, 0) is 11.5 Å². The summed E-state index contributed by atoms with van der Waals surface area (Å²) >= 11 is 1.15. The van der Waals surface area contributed by atoms with Gasteiger partial charge in [-0.15, -0.1) is 0 Å². The normalized spacial score (nSPS) is 16.2. The zero-order valence-corrected chi connectivity index (χ0v) is 5.84. The van der Waals surface area contributed by atoms with E-state index in [-0.39, 0.29) is 4.91 Å². The van der Waals surface area contributed by atoms with Crippen molar-refractivity contribution in [3.8, 4) is 0 Å². The van der Waals surface area contributed by atoms with Gasteiger partial charge in [-0.1, -0.05) is 11.8 Å². The molecule has 0 spiro atoms. The van der Waals surface area contributed by atoms with Gasteiger partial charge in [0.05, 0.1) is 0 Å². The van der Waals surface area contributed by atoms with Crippen LogP contribution in [-0.2, 0) is 4.79 Å². The number of rotatable bonds is 1. The SMILES string of the molecule is O=C(O)C1=CN=CC=CS1. The summed E-state index contributed by atoms with van der Waals surface area (Å²) in [5, 5.41) is 10.1. The summed E-state index contributed by atoms with van der Waals surface area (Å²) in [4.78, 5) is 14.2. The van der Waals surface area contributed by atoms with Gasteiger partial charge < -0.3 is 5.11 Å². The molecule has 0 amide bonds. The van der Waals surface area contributed by atoms with E-state index in [1.54, 1.807) is 17.7 Å². The lowest BCUT2D eigenvalue weighted by atomic mass is 10.6. The lowest BCUT2D eigenvalue weighted by Crippen LogP contribution is -1.94. The molecule has 1 N–H and O–H groups in total. The molecule has 1 heterocycles.